The molecule has 1 aliphatic rings. The van der Waals surface area contributed by atoms with Gasteiger partial charge in [0.05, 0.1) is 30.8 Å². The van der Waals surface area contributed by atoms with E-state index < -0.39 is 11.9 Å². The second kappa shape index (κ2) is 8.42. The zero-order valence-electron chi connectivity index (χ0n) is 14.8. The SMILES string of the molecule is COC(=O)c1ccccc1NC(=O)c1cnc(N2CCCCCC2)cn1. The number of esters is 1. The van der Waals surface area contributed by atoms with Crippen molar-refractivity contribution in [2.45, 2.75) is 25.7 Å². The minimum Gasteiger partial charge on any atom is -0.465 e. The van der Waals surface area contributed by atoms with Gasteiger partial charge in [-0.1, -0.05) is 25.0 Å². The van der Waals surface area contributed by atoms with Crippen molar-refractivity contribution in [2.24, 2.45) is 0 Å². The maximum atomic E-state index is 12.4. The summed E-state index contributed by atoms with van der Waals surface area (Å²) < 4.78 is 4.73. The van der Waals surface area contributed by atoms with E-state index in [4.69, 9.17) is 4.74 Å². The van der Waals surface area contributed by atoms with E-state index in [0.717, 1.165) is 31.7 Å². The summed E-state index contributed by atoms with van der Waals surface area (Å²) in [6.45, 7) is 1.93. The third kappa shape index (κ3) is 4.17. The van der Waals surface area contributed by atoms with Crippen molar-refractivity contribution >= 4 is 23.4 Å². The summed E-state index contributed by atoms with van der Waals surface area (Å²) >= 11 is 0. The molecule has 1 aromatic carbocycles. The van der Waals surface area contributed by atoms with E-state index in [0.29, 0.717) is 5.69 Å². The van der Waals surface area contributed by atoms with Crippen LogP contribution in [0.25, 0.3) is 0 Å². The van der Waals surface area contributed by atoms with Gasteiger partial charge in [0.1, 0.15) is 11.5 Å². The fraction of sp³-hybridized carbons (Fsp3) is 0.368. The Morgan fingerprint density at radius 1 is 1.04 bits per heavy atom. The number of carbonyl (C=O) groups is 2. The highest BCUT2D eigenvalue weighted by Crippen LogP contribution is 2.18. The molecule has 0 bridgehead atoms. The lowest BCUT2D eigenvalue weighted by atomic mass is 10.1. The van der Waals surface area contributed by atoms with Crippen LogP contribution in [0.15, 0.2) is 36.7 Å². The quantitative estimate of drug-likeness (QED) is 0.850. The van der Waals surface area contributed by atoms with Gasteiger partial charge in [0.25, 0.3) is 5.91 Å². The highest BCUT2D eigenvalue weighted by molar-refractivity contribution is 6.06. The number of hydrogen-bond acceptors (Lipinski definition) is 6. The summed E-state index contributed by atoms with van der Waals surface area (Å²) in [4.78, 5) is 35.1. The number of amides is 1. The number of nitrogens with one attached hydrogen (secondary N) is 1. The molecule has 0 saturated carbocycles. The van der Waals surface area contributed by atoms with Crippen LogP contribution < -0.4 is 10.2 Å². The van der Waals surface area contributed by atoms with Gasteiger partial charge in [-0.3, -0.25) is 4.79 Å². The van der Waals surface area contributed by atoms with E-state index in [1.807, 2.05) is 0 Å². The van der Waals surface area contributed by atoms with Gasteiger partial charge in [-0.05, 0) is 25.0 Å². The first-order valence-electron chi connectivity index (χ1n) is 8.74. The van der Waals surface area contributed by atoms with Crippen LogP contribution in [0.4, 0.5) is 11.5 Å². The first-order chi connectivity index (χ1) is 12.7. The summed E-state index contributed by atoms with van der Waals surface area (Å²) in [5.41, 5.74) is 0.864. The van der Waals surface area contributed by atoms with Crippen LogP contribution >= 0.6 is 0 Å². The molecule has 7 nitrogen and oxygen atoms in total. The molecule has 0 atom stereocenters. The summed E-state index contributed by atoms with van der Waals surface area (Å²) in [6.07, 6.45) is 7.87. The molecule has 0 unspecified atom stereocenters. The monoisotopic (exact) mass is 354 g/mol. The van der Waals surface area contributed by atoms with Gasteiger partial charge in [-0.2, -0.15) is 0 Å². The Bertz CT molecular complexity index is 769. The third-order valence-corrected chi connectivity index (χ3v) is 4.38. The van der Waals surface area contributed by atoms with E-state index in [-0.39, 0.29) is 11.3 Å². The van der Waals surface area contributed by atoms with Crippen LogP contribution in [0, 0.1) is 0 Å². The molecule has 7 heteroatoms. The number of anilines is 2. The molecule has 0 spiro atoms. The predicted octanol–water partition coefficient (Wildman–Crippen LogP) is 2.90. The second-order valence-corrected chi connectivity index (χ2v) is 6.15. The lowest BCUT2D eigenvalue weighted by molar-refractivity contribution is 0.0602. The van der Waals surface area contributed by atoms with Crippen LogP contribution in [-0.2, 0) is 4.74 Å². The number of nitrogens with zero attached hydrogens (tertiary/aromatic N) is 3. The van der Waals surface area contributed by atoms with Crippen molar-refractivity contribution in [3.05, 3.63) is 47.9 Å². The third-order valence-electron chi connectivity index (χ3n) is 4.38. The van der Waals surface area contributed by atoms with Crippen LogP contribution in [0.2, 0.25) is 0 Å². The molecule has 1 saturated heterocycles. The number of para-hydroxylation sites is 1. The molecule has 1 N–H and O–H groups in total. The van der Waals surface area contributed by atoms with Crippen LogP contribution in [0.1, 0.15) is 46.5 Å². The van der Waals surface area contributed by atoms with Gasteiger partial charge in [-0.15, -0.1) is 0 Å². The van der Waals surface area contributed by atoms with E-state index in [2.05, 4.69) is 20.2 Å². The number of carbonyl (C=O) groups excluding carboxylic acids is 2. The fourth-order valence-corrected chi connectivity index (χ4v) is 2.97. The van der Waals surface area contributed by atoms with E-state index in [9.17, 15) is 9.59 Å². The Morgan fingerprint density at radius 3 is 2.42 bits per heavy atom. The first-order valence-corrected chi connectivity index (χ1v) is 8.74. The fourth-order valence-electron chi connectivity index (χ4n) is 2.97. The normalized spacial score (nSPS) is 14.4. The highest BCUT2D eigenvalue weighted by atomic mass is 16.5. The largest absolute Gasteiger partial charge is 0.465 e. The molecular weight excluding hydrogens is 332 g/mol. The average Bonchev–Trinajstić information content (AvgIpc) is 2.97. The molecule has 2 aromatic rings. The average molecular weight is 354 g/mol. The Morgan fingerprint density at radius 2 is 1.77 bits per heavy atom. The predicted molar refractivity (Wildman–Crippen MR) is 98.4 cm³/mol. The maximum Gasteiger partial charge on any atom is 0.339 e. The van der Waals surface area contributed by atoms with Gasteiger partial charge in [-0.25, -0.2) is 14.8 Å². The van der Waals surface area contributed by atoms with Crippen LogP contribution in [-0.4, -0.2) is 42.0 Å². The zero-order valence-corrected chi connectivity index (χ0v) is 14.8. The number of rotatable bonds is 4. The number of benzene rings is 1. The van der Waals surface area contributed by atoms with Gasteiger partial charge >= 0.3 is 5.97 Å². The lowest BCUT2D eigenvalue weighted by Crippen LogP contribution is -2.25. The topological polar surface area (TPSA) is 84.4 Å². The first kappa shape index (κ1) is 17.8. The molecule has 1 aromatic heterocycles. The second-order valence-electron chi connectivity index (χ2n) is 6.15. The Kier molecular flexibility index (Phi) is 5.78. The molecule has 1 amide bonds. The van der Waals surface area contributed by atoms with Crippen molar-refractivity contribution in [3.63, 3.8) is 0 Å². The summed E-state index contributed by atoms with van der Waals surface area (Å²) in [6, 6.07) is 6.67. The minimum atomic E-state index is -0.511. The van der Waals surface area contributed by atoms with Crippen molar-refractivity contribution in [2.75, 3.05) is 30.4 Å². The van der Waals surface area contributed by atoms with E-state index in [1.165, 1.54) is 26.1 Å². The zero-order chi connectivity index (χ0) is 18.4. The van der Waals surface area contributed by atoms with Crippen molar-refractivity contribution in [1.82, 2.24) is 9.97 Å². The number of hydrogen-bond donors (Lipinski definition) is 1. The lowest BCUT2D eigenvalue weighted by Gasteiger charge is -2.20. The van der Waals surface area contributed by atoms with Gasteiger partial charge < -0.3 is 15.0 Å². The number of aromatic nitrogens is 2. The Hall–Kier alpha value is -2.96. The standard InChI is InChI=1S/C19H22N4O3/c1-26-19(25)14-8-4-5-9-15(14)22-18(24)16-12-21-17(13-20-16)23-10-6-2-3-7-11-23/h4-5,8-9,12-13H,2-3,6-7,10-11H2,1H3,(H,22,24). The number of ether oxygens (including phenoxy) is 1. The summed E-state index contributed by atoms with van der Waals surface area (Å²) in [5, 5.41) is 2.70. The van der Waals surface area contributed by atoms with Crippen LogP contribution in [0.5, 0.6) is 0 Å². The van der Waals surface area contributed by atoms with Crippen molar-refractivity contribution < 1.29 is 14.3 Å². The molecule has 0 aliphatic carbocycles. The van der Waals surface area contributed by atoms with Crippen molar-refractivity contribution in [3.8, 4) is 0 Å². The van der Waals surface area contributed by atoms with Crippen LogP contribution in [0.3, 0.4) is 0 Å². The Balaban J connectivity index is 1.72. The molecule has 1 aliphatic heterocycles. The molecule has 0 radical (unpaired) electrons. The molecule has 3 rings (SSSR count). The maximum absolute atomic E-state index is 12.4. The van der Waals surface area contributed by atoms with Gasteiger partial charge in [0.15, 0.2) is 0 Å². The van der Waals surface area contributed by atoms with E-state index >= 15 is 0 Å². The molecule has 2 heterocycles. The molecule has 1 fully saturated rings. The van der Waals surface area contributed by atoms with E-state index in [1.54, 1.807) is 30.5 Å². The minimum absolute atomic E-state index is 0.197. The smallest absolute Gasteiger partial charge is 0.339 e. The number of methoxy groups -OCH3 is 1. The molecule has 136 valence electrons. The summed E-state index contributed by atoms with van der Waals surface area (Å²) in [7, 11) is 1.30. The Labute approximate surface area is 152 Å². The van der Waals surface area contributed by atoms with Gasteiger partial charge in [0.2, 0.25) is 0 Å². The van der Waals surface area contributed by atoms with Crippen molar-refractivity contribution in [1.29, 1.82) is 0 Å². The molecule has 26 heavy (non-hydrogen) atoms. The molecular formula is C19H22N4O3. The summed E-state index contributed by atoms with van der Waals surface area (Å²) in [5.74, 6) is -0.141. The highest BCUT2D eigenvalue weighted by Gasteiger charge is 2.16. The van der Waals surface area contributed by atoms with Gasteiger partial charge in [0, 0.05) is 13.1 Å².